The van der Waals surface area contributed by atoms with Gasteiger partial charge in [0.1, 0.15) is 34.4 Å². The molecule has 81 heavy (non-hydrogen) atoms. The van der Waals surface area contributed by atoms with Crippen molar-refractivity contribution >= 4 is 86.3 Å². The van der Waals surface area contributed by atoms with Crippen LogP contribution in [0, 0.1) is 26.2 Å². The number of aliphatic hydroxyl groups excluding tert-OH is 1. The summed E-state index contributed by atoms with van der Waals surface area (Å²) in [7, 11) is 0. The Kier molecular flexibility index (Phi) is 23.7. The first-order valence-electron chi connectivity index (χ1n) is 27.9. The summed E-state index contributed by atoms with van der Waals surface area (Å²) in [6.07, 6.45) is 6.26. The number of hydrogen-bond acceptors (Lipinski definition) is 17. The summed E-state index contributed by atoms with van der Waals surface area (Å²) >= 11 is 9.09. The van der Waals surface area contributed by atoms with E-state index in [-0.39, 0.29) is 55.5 Å². The van der Waals surface area contributed by atoms with Crippen LogP contribution in [0.25, 0.3) is 10.4 Å². The standard InChI is InChI=1S/C58H78ClN11O9S2/c1-38-14-13-15-44(59)51(38)67-55(75)46-35-61-57(81-46)65-47-33-48(64-40(3)63-47)68-22-24-69(25-23-68)50(73)17-10-8-12-27-78-29-31-79-30-28-77-26-11-7-9-16-49(72)66-53(58(4,5)6)56(76)70-36-43(71)32-45(70)54(74)60-34-41-18-20-42(21-19-41)52-39(2)62-37-80-52/h13-15,18-21,33,35,37,43,45,53,71H,7-12,16-17,22-32,34,36H2,1-6H3,(H,60,74)(H,66,72)(H,67,75)(H,61,63,64,65)/t43-,45+,53?/m1/s1. The van der Waals surface area contributed by atoms with Gasteiger partial charge in [-0.05, 0) is 74.6 Å². The summed E-state index contributed by atoms with van der Waals surface area (Å²) < 4.78 is 17.1. The zero-order chi connectivity index (χ0) is 57.9. The van der Waals surface area contributed by atoms with E-state index >= 15 is 0 Å². The predicted octanol–water partition coefficient (Wildman–Crippen LogP) is 8.26. The Labute approximate surface area is 488 Å². The minimum absolute atomic E-state index is 0.0162. The fourth-order valence-corrected chi connectivity index (χ4v) is 11.3. The number of unbranched alkanes of at least 4 members (excludes halogenated alkanes) is 4. The van der Waals surface area contributed by atoms with Crippen LogP contribution in [0.4, 0.5) is 22.5 Å². The number of likely N-dealkylation sites (tertiary alicyclic amines) is 1. The number of halogens is 1. The highest BCUT2D eigenvalue weighted by molar-refractivity contribution is 7.17. The number of anilines is 4. The second-order valence-electron chi connectivity index (χ2n) is 21.5. The molecule has 5 heterocycles. The molecule has 7 rings (SSSR count). The second kappa shape index (κ2) is 30.8. The molecule has 3 atom stereocenters. The maximum Gasteiger partial charge on any atom is 0.267 e. The van der Waals surface area contributed by atoms with Crippen molar-refractivity contribution in [2.45, 2.75) is 124 Å². The van der Waals surface area contributed by atoms with Crippen molar-refractivity contribution in [3.05, 3.63) is 92.8 Å². The van der Waals surface area contributed by atoms with Gasteiger partial charge in [-0.25, -0.2) is 19.9 Å². The molecule has 2 fully saturated rings. The third kappa shape index (κ3) is 19.0. The SMILES string of the molecule is Cc1nc(Nc2ncc(C(=O)Nc3c(C)cccc3Cl)s2)cc(N2CCN(C(=O)CCCCCOCCOCCOCCCCCC(=O)NC(C(=O)N3C[C@H](O)C[C@H]3C(=O)NCc3ccc(-c4scnc4C)cc3)C(C)(C)C)CC2)n1. The van der Waals surface area contributed by atoms with Crippen LogP contribution < -0.4 is 26.2 Å². The van der Waals surface area contributed by atoms with Gasteiger partial charge in [0.2, 0.25) is 23.6 Å². The number of hydrogen-bond donors (Lipinski definition) is 5. The van der Waals surface area contributed by atoms with Crippen molar-refractivity contribution < 1.29 is 43.3 Å². The van der Waals surface area contributed by atoms with Crippen LogP contribution >= 0.6 is 34.3 Å². The molecule has 2 aliphatic rings. The van der Waals surface area contributed by atoms with E-state index in [1.54, 1.807) is 17.4 Å². The molecular formula is C58H78ClN11O9S2. The van der Waals surface area contributed by atoms with Crippen molar-refractivity contribution in [3.63, 3.8) is 0 Å². The lowest BCUT2D eigenvalue weighted by atomic mass is 9.85. The fraction of sp³-hybridized carbons (Fsp3) is 0.534. The van der Waals surface area contributed by atoms with Gasteiger partial charge in [-0.2, -0.15) is 0 Å². The molecule has 1 unspecified atom stereocenters. The molecule has 2 aliphatic heterocycles. The smallest absolute Gasteiger partial charge is 0.267 e. The van der Waals surface area contributed by atoms with Crippen molar-refractivity contribution in [2.24, 2.45) is 5.41 Å². The van der Waals surface area contributed by atoms with E-state index in [0.29, 0.717) is 111 Å². The Morgan fingerprint density at radius 1 is 0.827 bits per heavy atom. The Morgan fingerprint density at radius 3 is 2.16 bits per heavy atom. The molecule has 0 aliphatic carbocycles. The molecule has 438 valence electrons. The molecule has 5 N–H and O–H groups in total. The van der Waals surface area contributed by atoms with E-state index in [2.05, 4.69) is 46.1 Å². The van der Waals surface area contributed by atoms with Gasteiger partial charge < -0.3 is 55.3 Å². The number of carbonyl (C=O) groups is 5. The summed E-state index contributed by atoms with van der Waals surface area (Å²) in [6, 6.07) is 13.5. The second-order valence-corrected chi connectivity index (χ2v) is 23.8. The molecule has 2 aromatic carbocycles. The Balaban J connectivity index is 0.675. The van der Waals surface area contributed by atoms with Crippen molar-refractivity contribution in [1.82, 2.24) is 40.4 Å². The number of carbonyl (C=O) groups excluding carboxylic acids is 5. The normalized spacial score (nSPS) is 15.9. The van der Waals surface area contributed by atoms with Crippen molar-refractivity contribution in [3.8, 4) is 10.4 Å². The number of piperazine rings is 1. The van der Waals surface area contributed by atoms with Gasteiger partial charge >= 0.3 is 0 Å². The van der Waals surface area contributed by atoms with E-state index in [1.165, 1.54) is 22.4 Å². The lowest BCUT2D eigenvalue weighted by Gasteiger charge is -2.35. The van der Waals surface area contributed by atoms with Crippen LogP contribution in [0.5, 0.6) is 0 Å². The molecule has 3 aromatic heterocycles. The minimum atomic E-state index is -0.878. The van der Waals surface area contributed by atoms with Crippen LogP contribution in [0.2, 0.25) is 5.02 Å². The zero-order valence-electron chi connectivity index (χ0n) is 47.4. The molecule has 5 amide bonds. The predicted molar refractivity (Wildman–Crippen MR) is 316 cm³/mol. The molecule has 0 bridgehead atoms. The van der Waals surface area contributed by atoms with Crippen LogP contribution in [0.1, 0.15) is 111 Å². The summed E-state index contributed by atoms with van der Waals surface area (Å²) in [5.41, 5.74) is 5.54. The van der Waals surface area contributed by atoms with Gasteiger partial charge in [0.25, 0.3) is 5.91 Å². The lowest BCUT2D eigenvalue weighted by molar-refractivity contribution is -0.144. The van der Waals surface area contributed by atoms with E-state index in [1.807, 2.05) is 94.4 Å². The summed E-state index contributed by atoms with van der Waals surface area (Å²) in [6.45, 7) is 17.1. The van der Waals surface area contributed by atoms with E-state index in [0.717, 1.165) is 65.2 Å². The highest BCUT2D eigenvalue weighted by Crippen LogP contribution is 2.31. The topological polar surface area (TPSA) is 243 Å². The highest BCUT2D eigenvalue weighted by atomic mass is 35.5. The third-order valence-corrected chi connectivity index (χ3v) is 16.2. The average molecular weight is 1170 g/mol. The Bertz CT molecular complexity index is 2850. The number of aromatic nitrogens is 4. The Hall–Kier alpha value is -6.14. The van der Waals surface area contributed by atoms with Gasteiger partial charge in [-0.1, -0.05) is 92.9 Å². The maximum absolute atomic E-state index is 14.0. The monoisotopic (exact) mass is 1170 g/mol. The number of rotatable bonds is 29. The Morgan fingerprint density at radius 2 is 1.51 bits per heavy atom. The van der Waals surface area contributed by atoms with Crippen LogP contribution in [-0.2, 0) is 39.9 Å². The summed E-state index contributed by atoms with van der Waals surface area (Å²) in [5.74, 6) is 0.786. The number of para-hydroxylation sites is 1. The number of aliphatic hydroxyl groups is 1. The molecule has 5 aromatic rings. The number of amides is 5. The number of benzene rings is 2. The van der Waals surface area contributed by atoms with Gasteiger partial charge in [-0.3, -0.25) is 24.0 Å². The molecule has 2 saturated heterocycles. The van der Waals surface area contributed by atoms with Crippen LogP contribution in [-0.4, -0.2) is 155 Å². The minimum Gasteiger partial charge on any atom is -0.391 e. The van der Waals surface area contributed by atoms with Crippen molar-refractivity contribution in [1.29, 1.82) is 0 Å². The van der Waals surface area contributed by atoms with Gasteiger partial charge in [-0.15, -0.1) is 11.3 Å². The molecule has 0 spiro atoms. The maximum atomic E-state index is 14.0. The quantitative estimate of drug-likeness (QED) is 0.0283. The van der Waals surface area contributed by atoms with Crippen LogP contribution in [0.15, 0.2) is 60.2 Å². The summed E-state index contributed by atoms with van der Waals surface area (Å²) in [5, 5.41) is 23.5. The van der Waals surface area contributed by atoms with E-state index in [9.17, 15) is 29.1 Å². The first kappa shape index (κ1) is 62.5. The number of ether oxygens (including phenoxy) is 3. The lowest BCUT2D eigenvalue weighted by Crippen LogP contribution is -2.57. The molecule has 20 nitrogen and oxygen atoms in total. The fourth-order valence-electron chi connectivity index (χ4n) is 9.51. The number of nitrogens with one attached hydrogen (secondary N) is 4. The first-order chi connectivity index (χ1) is 38.9. The average Bonchev–Trinajstić information content (AvgIpc) is 4.22. The van der Waals surface area contributed by atoms with Crippen LogP contribution in [0.3, 0.4) is 0 Å². The van der Waals surface area contributed by atoms with Gasteiger partial charge in [0.15, 0.2) is 5.13 Å². The van der Waals surface area contributed by atoms with Gasteiger partial charge in [0.05, 0.1) is 65.5 Å². The van der Waals surface area contributed by atoms with Gasteiger partial charge in [0, 0.05) is 77.8 Å². The molecule has 0 saturated carbocycles. The van der Waals surface area contributed by atoms with Crippen molar-refractivity contribution in [2.75, 3.05) is 87.9 Å². The van der Waals surface area contributed by atoms with E-state index in [4.69, 9.17) is 25.8 Å². The number of aryl methyl sites for hydroxylation is 3. The first-order valence-corrected chi connectivity index (χ1v) is 30.0. The number of β-amino-alcohol motifs (C(OH)–C–C–N with tert-alkyl or cyclic N) is 1. The zero-order valence-corrected chi connectivity index (χ0v) is 49.8. The summed E-state index contributed by atoms with van der Waals surface area (Å²) in [4.78, 5) is 91.5. The molecule has 23 heteroatoms. The largest absolute Gasteiger partial charge is 0.391 e. The third-order valence-electron chi connectivity index (χ3n) is 14.0. The number of nitrogens with zero attached hydrogens (tertiary/aromatic N) is 7. The van der Waals surface area contributed by atoms with E-state index < -0.39 is 23.6 Å². The number of thiazole rings is 2. The highest BCUT2D eigenvalue weighted by Gasteiger charge is 2.44. The molecule has 0 radical (unpaired) electrons. The molecular weight excluding hydrogens is 1090 g/mol.